The van der Waals surface area contributed by atoms with Crippen molar-refractivity contribution in [1.82, 2.24) is 14.9 Å². The number of anilines is 1. The molecule has 0 amide bonds. The van der Waals surface area contributed by atoms with Crippen LogP contribution in [-0.2, 0) is 0 Å². The molecule has 0 saturated carbocycles. The quantitative estimate of drug-likeness (QED) is 0.322. The van der Waals surface area contributed by atoms with Crippen molar-refractivity contribution in [2.75, 3.05) is 11.8 Å². The molecule has 0 aliphatic heterocycles. The van der Waals surface area contributed by atoms with Crippen molar-refractivity contribution in [2.45, 2.75) is 23.9 Å². The van der Waals surface area contributed by atoms with E-state index in [1.807, 2.05) is 42.6 Å². The number of benzene rings is 2. The number of nitrogens with zero attached hydrogens (tertiary/aromatic N) is 2. The summed E-state index contributed by atoms with van der Waals surface area (Å²) < 4.78 is 24.7. The van der Waals surface area contributed by atoms with Gasteiger partial charge in [0.05, 0.1) is 16.5 Å². The SMILES string of the molecule is CN/C=C\C(N)c1cccc([C@@H](C)n2c(=O)oc3cc(SNc4nccs4)c(F)cc32)c1. The van der Waals surface area contributed by atoms with Crippen LogP contribution in [0.2, 0.25) is 0 Å². The topological polar surface area (TPSA) is 98.1 Å². The van der Waals surface area contributed by atoms with Gasteiger partial charge < -0.3 is 20.2 Å². The van der Waals surface area contributed by atoms with Gasteiger partial charge in [0, 0.05) is 36.8 Å². The first-order valence-electron chi connectivity index (χ1n) is 9.84. The van der Waals surface area contributed by atoms with E-state index in [-0.39, 0.29) is 12.1 Å². The number of hydrogen-bond acceptors (Lipinski definition) is 8. The van der Waals surface area contributed by atoms with Gasteiger partial charge >= 0.3 is 5.76 Å². The predicted molar refractivity (Wildman–Crippen MR) is 127 cm³/mol. The summed E-state index contributed by atoms with van der Waals surface area (Å²) in [5, 5.41) is 5.40. The van der Waals surface area contributed by atoms with Crippen LogP contribution in [0.15, 0.2) is 74.4 Å². The zero-order valence-corrected chi connectivity index (χ0v) is 19.0. The summed E-state index contributed by atoms with van der Waals surface area (Å²) >= 11 is 2.48. The Bertz CT molecular complexity index is 1300. The molecule has 7 nitrogen and oxygen atoms in total. The molecule has 0 radical (unpaired) electrons. The first-order chi connectivity index (χ1) is 15.5. The smallest absolute Gasteiger partial charge is 0.408 e. The van der Waals surface area contributed by atoms with Gasteiger partial charge in [-0.05, 0) is 42.3 Å². The number of halogens is 1. The lowest BCUT2D eigenvalue weighted by atomic mass is 10.0. The Balaban J connectivity index is 1.65. The predicted octanol–water partition coefficient (Wildman–Crippen LogP) is 4.65. The molecule has 32 heavy (non-hydrogen) atoms. The Morgan fingerprint density at radius 3 is 2.88 bits per heavy atom. The van der Waals surface area contributed by atoms with Crippen LogP contribution in [0.25, 0.3) is 11.1 Å². The molecule has 166 valence electrons. The Morgan fingerprint density at radius 2 is 2.12 bits per heavy atom. The molecule has 0 saturated heterocycles. The summed E-state index contributed by atoms with van der Waals surface area (Å²) in [5.74, 6) is -1.01. The third-order valence-electron chi connectivity index (χ3n) is 4.98. The Morgan fingerprint density at radius 1 is 1.31 bits per heavy atom. The van der Waals surface area contributed by atoms with Crippen molar-refractivity contribution in [1.29, 1.82) is 0 Å². The molecule has 0 fully saturated rings. The molecule has 4 rings (SSSR count). The minimum atomic E-state index is -0.549. The molecule has 2 aromatic heterocycles. The van der Waals surface area contributed by atoms with Gasteiger partial charge in [0.25, 0.3) is 0 Å². The Kier molecular flexibility index (Phi) is 6.63. The normalized spacial score (nSPS) is 13.5. The van der Waals surface area contributed by atoms with Gasteiger partial charge in [-0.15, -0.1) is 11.3 Å². The molecule has 2 aromatic carbocycles. The van der Waals surface area contributed by atoms with Crippen LogP contribution in [0.4, 0.5) is 9.52 Å². The van der Waals surface area contributed by atoms with Gasteiger partial charge in [0.2, 0.25) is 0 Å². The van der Waals surface area contributed by atoms with Crippen LogP contribution in [0.1, 0.15) is 30.1 Å². The summed E-state index contributed by atoms with van der Waals surface area (Å²) in [5.41, 5.74) is 8.69. The first-order valence-corrected chi connectivity index (χ1v) is 11.5. The fourth-order valence-corrected chi connectivity index (χ4v) is 4.60. The maximum atomic E-state index is 14.8. The summed E-state index contributed by atoms with van der Waals surface area (Å²) in [7, 11) is 1.80. The standard InChI is InChI=1S/C22H22FN5O2S2/c1-13(14-4-3-5-15(10-14)17(24)6-7-25-2)28-18-11-16(23)20(12-19(18)30-22(28)29)32-27-21-26-8-9-31-21/h3-13,17,25H,24H2,1-2H3,(H,26,27)/b7-6-/t13-,17?/m1/s1. The molecule has 1 unspecified atom stereocenters. The van der Waals surface area contributed by atoms with Gasteiger partial charge in [-0.2, -0.15) is 0 Å². The highest BCUT2D eigenvalue weighted by Gasteiger charge is 2.20. The summed E-state index contributed by atoms with van der Waals surface area (Å²) in [4.78, 5) is 17.1. The highest BCUT2D eigenvalue weighted by Crippen LogP contribution is 2.31. The van der Waals surface area contributed by atoms with E-state index in [0.29, 0.717) is 21.1 Å². The van der Waals surface area contributed by atoms with Crippen LogP contribution < -0.4 is 21.5 Å². The number of oxazole rings is 1. The van der Waals surface area contributed by atoms with Crippen molar-refractivity contribution in [3.63, 3.8) is 0 Å². The third-order valence-corrected chi connectivity index (χ3v) is 6.63. The average Bonchev–Trinajstić information content (AvgIpc) is 3.42. The fourth-order valence-electron chi connectivity index (χ4n) is 3.34. The van der Waals surface area contributed by atoms with Crippen molar-refractivity contribution in [3.8, 4) is 0 Å². The maximum absolute atomic E-state index is 14.8. The van der Waals surface area contributed by atoms with E-state index in [4.69, 9.17) is 10.2 Å². The van der Waals surface area contributed by atoms with E-state index >= 15 is 0 Å². The molecule has 0 spiro atoms. The Hall–Kier alpha value is -3.08. The van der Waals surface area contributed by atoms with Crippen molar-refractivity contribution >= 4 is 39.5 Å². The van der Waals surface area contributed by atoms with E-state index in [1.165, 1.54) is 28.0 Å². The second-order valence-corrected chi connectivity index (χ2v) is 8.79. The number of fused-ring (bicyclic) bond motifs is 1. The summed E-state index contributed by atoms with van der Waals surface area (Å²) in [6.07, 6.45) is 5.28. The lowest BCUT2D eigenvalue weighted by Gasteiger charge is -2.16. The van der Waals surface area contributed by atoms with Crippen molar-refractivity contribution in [3.05, 3.63) is 87.7 Å². The fraction of sp³-hybridized carbons (Fsp3) is 0.182. The third kappa shape index (κ3) is 4.57. The van der Waals surface area contributed by atoms with Gasteiger partial charge in [-0.25, -0.2) is 14.2 Å². The molecular weight excluding hydrogens is 449 g/mol. The second kappa shape index (κ2) is 9.60. The van der Waals surface area contributed by atoms with Gasteiger partial charge in [-0.3, -0.25) is 4.57 Å². The van der Waals surface area contributed by atoms with E-state index in [1.54, 1.807) is 19.4 Å². The lowest BCUT2D eigenvalue weighted by Crippen LogP contribution is -2.19. The number of nitrogens with two attached hydrogens (primary N) is 1. The number of rotatable bonds is 8. The highest BCUT2D eigenvalue weighted by molar-refractivity contribution is 8.00. The van der Waals surface area contributed by atoms with Crippen LogP contribution in [-0.4, -0.2) is 16.6 Å². The Labute approximate surface area is 192 Å². The van der Waals surface area contributed by atoms with Crippen molar-refractivity contribution < 1.29 is 8.81 Å². The summed E-state index contributed by atoms with van der Waals surface area (Å²) in [6.45, 7) is 1.87. The monoisotopic (exact) mass is 471 g/mol. The molecule has 2 atom stereocenters. The second-order valence-electron chi connectivity index (χ2n) is 7.05. The van der Waals surface area contributed by atoms with Gasteiger partial charge in [-0.1, -0.05) is 24.3 Å². The summed E-state index contributed by atoms with van der Waals surface area (Å²) in [6, 6.07) is 9.84. The molecule has 2 heterocycles. The number of thiazole rings is 1. The largest absolute Gasteiger partial charge is 0.420 e. The molecule has 0 aliphatic rings. The molecule has 10 heteroatoms. The average molecular weight is 472 g/mol. The first kappa shape index (κ1) is 22.1. The van der Waals surface area contributed by atoms with E-state index in [2.05, 4.69) is 15.0 Å². The highest BCUT2D eigenvalue weighted by atomic mass is 32.2. The zero-order valence-electron chi connectivity index (χ0n) is 17.4. The molecule has 4 aromatic rings. The van der Waals surface area contributed by atoms with Crippen LogP contribution >= 0.6 is 23.3 Å². The van der Waals surface area contributed by atoms with Crippen LogP contribution in [0.5, 0.6) is 0 Å². The van der Waals surface area contributed by atoms with E-state index in [9.17, 15) is 9.18 Å². The van der Waals surface area contributed by atoms with E-state index < -0.39 is 11.6 Å². The molecule has 0 aliphatic carbocycles. The number of hydrogen-bond donors (Lipinski definition) is 3. The van der Waals surface area contributed by atoms with Gasteiger partial charge in [0.1, 0.15) is 5.82 Å². The zero-order chi connectivity index (χ0) is 22.7. The minimum absolute atomic E-state index is 0.297. The maximum Gasteiger partial charge on any atom is 0.420 e. The molecular formula is C22H22FN5O2S2. The molecule has 4 N–H and O–H groups in total. The minimum Gasteiger partial charge on any atom is -0.408 e. The number of aromatic nitrogens is 2. The van der Waals surface area contributed by atoms with Crippen LogP contribution in [0, 0.1) is 5.82 Å². The van der Waals surface area contributed by atoms with Crippen LogP contribution in [0.3, 0.4) is 0 Å². The molecule has 0 bridgehead atoms. The van der Waals surface area contributed by atoms with Gasteiger partial charge in [0.15, 0.2) is 10.7 Å². The van der Waals surface area contributed by atoms with Crippen molar-refractivity contribution in [2.24, 2.45) is 5.73 Å². The van der Waals surface area contributed by atoms with E-state index in [0.717, 1.165) is 23.1 Å². The lowest BCUT2D eigenvalue weighted by molar-refractivity contribution is 0.489. The number of nitrogens with one attached hydrogen (secondary N) is 2.